The number of benzene rings is 1. The molecule has 1 aromatic carbocycles. The smallest absolute Gasteiger partial charge is 0.160 e. The highest BCUT2D eigenvalue weighted by molar-refractivity contribution is 5.78. The molecule has 0 radical (unpaired) electrons. The van der Waals surface area contributed by atoms with Gasteiger partial charge >= 0.3 is 0 Å². The van der Waals surface area contributed by atoms with Crippen LogP contribution in [0.5, 0.6) is 0 Å². The van der Waals surface area contributed by atoms with Crippen LogP contribution >= 0.6 is 0 Å². The molecule has 2 aliphatic rings. The van der Waals surface area contributed by atoms with Crippen molar-refractivity contribution in [1.82, 2.24) is 24.6 Å². The molecule has 36 heavy (non-hydrogen) atoms. The van der Waals surface area contributed by atoms with Crippen molar-refractivity contribution in [2.24, 2.45) is 0 Å². The number of hydrogen-bond acceptors (Lipinski definition) is 7. The van der Waals surface area contributed by atoms with Crippen LogP contribution in [0, 0.1) is 12.7 Å². The summed E-state index contributed by atoms with van der Waals surface area (Å²) < 4.78 is 29.5. The summed E-state index contributed by atoms with van der Waals surface area (Å²) in [6.07, 6.45) is 2.72. The van der Waals surface area contributed by atoms with Crippen LogP contribution in [0.15, 0.2) is 30.3 Å². The summed E-state index contributed by atoms with van der Waals surface area (Å²) >= 11 is 0. The van der Waals surface area contributed by atoms with Crippen molar-refractivity contribution in [3.63, 3.8) is 0 Å². The number of aliphatic hydroxyl groups is 1. The van der Waals surface area contributed by atoms with E-state index < -0.39 is 11.8 Å². The lowest BCUT2D eigenvalue weighted by Gasteiger charge is -2.34. The first-order valence-electron chi connectivity index (χ1n) is 12.5. The number of nitrogens with one attached hydrogen (secondary N) is 1. The Kier molecular flexibility index (Phi) is 5.51. The molecule has 4 heterocycles. The van der Waals surface area contributed by atoms with Crippen LogP contribution in [0.1, 0.15) is 44.7 Å². The molecule has 6 rings (SSSR count). The van der Waals surface area contributed by atoms with E-state index in [-0.39, 0.29) is 11.9 Å². The van der Waals surface area contributed by atoms with Crippen molar-refractivity contribution >= 4 is 28.3 Å². The fourth-order valence-corrected chi connectivity index (χ4v) is 5.22. The van der Waals surface area contributed by atoms with Crippen LogP contribution in [0.2, 0.25) is 0 Å². The van der Waals surface area contributed by atoms with Crippen molar-refractivity contribution in [2.75, 3.05) is 23.3 Å². The Morgan fingerprint density at radius 3 is 2.61 bits per heavy atom. The van der Waals surface area contributed by atoms with Gasteiger partial charge in [-0.1, -0.05) is 0 Å². The van der Waals surface area contributed by atoms with E-state index in [1.165, 1.54) is 12.1 Å². The highest BCUT2D eigenvalue weighted by Crippen LogP contribution is 2.32. The van der Waals surface area contributed by atoms with Gasteiger partial charge in [-0.2, -0.15) is 9.61 Å². The fraction of sp³-hybridized carbons (Fsp3) is 0.462. The van der Waals surface area contributed by atoms with E-state index in [2.05, 4.69) is 15.3 Å². The van der Waals surface area contributed by atoms with Gasteiger partial charge in [-0.15, -0.1) is 0 Å². The summed E-state index contributed by atoms with van der Waals surface area (Å²) in [7, 11) is 0. The van der Waals surface area contributed by atoms with E-state index in [1.54, 1.807) is 10.6 Å². The van der Waals surface area contributed by atoms with Crippen molar-refractivity contribution in [2.45, 2.75) is 63.8 Å². The molecule has 10 heteroatoms. The van der Waals surface area contributed by atoms with E-state index in [0.717, 1.165) is 18.7 Å². The molecule has 0 spiro atoms. The monoisotopic (exact) mass is 493 g/mol. The zero-order valence-electron chi connectivity index (χ0n) is 20.4. The van der Waals surface area contributed by atoms with Gasteiger partial charge in [-0.25, -0.2) is 23.7 Å². The number of aryl methyl sites for hydroxylation is 1. The third kappa shape index (κ3) is 4.34. The summed E-state index contributed by atoms with van der Waals surface area (Å²) in [5.41, 5.74) is 2.87. The highest BCUT2D eigenvalue weighted by Gasteiger charge is 2.30. The fourth-order valence-electron chi connectivity index (χ4n) is 5.22. The molecule has 1 aliphatic heterocycles. The van der Waals surface area contributed by atoms with Gasteiger partial charge in [-0.05, 0) is 58.1 Å². The zero-order chi connectivity index (χ0) is 25.0. The lowest BCUT2D eigenvalue weighted by atomic mass is 9.84. The van der Waals surface area contributed by atoms with Crippen molar-refractivity contribution < 1.29 is 13.9 Å². The lowest BCUT2D eigenvalue weighted by molar-refractivity contribution is 0.0196. The molecule has 0 unspecified atom stereocenters. The van der Waals surface area contributed by atoms with Gasteiger partial charge in [0.15, 0.2) is 5.65 Å². The quantitative estimate of drug-likeness (QED) is 0.434. The molecule has 0 bridgehead atoms. The van der Waals surface area contributed by atoms with Gasteiger partial charge in [0.2, 0.25) is 0 Å². The Hall–Kier alpha value is -3.40. The molecule has 3 aromatic heterocycles. The van der Waals surface area contributed by atoms with Crippen LogP contribution in [0.3, 0.4) is 0 Å². The van der Waals surface area contributed by atoms with Crippen molar-refractivity contribution in [3.05, 3.63) is 41.8 Å². The Morgan fingerprint density at radius 1 is 1.06 bits per heavy atom. The van der Waals surface area contributed by atoms with E-state index in [0.29, 0.717) is 71.9 Å². The topological polar surface area (TPSA) is 91.5 Å². The van der Waals surface area contributed by atoms with Gasteiger partial charge in [0.25, 0.3) is 0 Å². The van der Waals surface area contributed by atoms with E-state index in [4.69, 9.17) is 10.1 Å². The van der Waals surface area contributed by atoms with E-state index in [9.17, 15) is 13.9 Å². The summed E-state index contributed by atoms with van der Waals surface area (Å²) in [5.74, 6) is 1.08. The summed E-state index contributed by atoms with van der Waals surface area (Å²) in [5, 5.41) is 18.8. The van der Waals surface area contributed by atoms with Gasteiger partial charge in [0.05, 0.1) is 28.9 Å². The first kappa shape index (κ1) is 23.0. The van der Waals surface area contributed by atoms with Crippen molar-refractivity contribution in [1.29, 1.82) is 0 Å². The number of alkyl halides is 1. The Labute approximate surface area is 207 Å². The van der Waals surface area contributed by atoms with Crippen LogP contribution in [-0.2, 0) is 0 Å². The van der Waals surface area contributed by atoms with Crippen molar-refractivity contribution in [3.8, 4) is 11.4 Å². The van der Waals surface area contributed by atoms with Gasteiger partial charge in [0.1, 0.15) is 35.0 Å². The van der Waals surface area contributed by atoms with Crippen LogP contribution in [-0.4, -0.2) is 60.6 Å². The molecule has 188 valence electrons. The molecule has 4 aromatic rings. The number of aromatic nitrogens is 5. The average molecular weight is 494 g/mol. The van der Waals surface area contributed by atoms with Crippen LogP contribution in [0.25, 0.3) is 28.1 Å². The number of hydrogen-bond donors (Lipinski definition) is 2. The van der Waals surface area contributed by atoms with Gasteiger partial charge in [0, 0.05) is 30.8 Å². The highest BCUT2D eigenvalue weighted by atomic mass is 19.1. The zero-order valence-corrected chi connectivity index (χ0v) is 20.4. The third-order valence-corrected chi connectivity index (χ3v) is 7.33. The minimum Gasteiger partial charge on any atom is -0.390 e. The molecular formula is C26H29F2N7O. The Bertz CT molecular complexity index is 1440. The van der Waals surface area contributed by atoms with Gasteiger partial charge in [-0.3, -0.25) is 0 Å². The maximum Gasteiger partial charge on any atom is 0.160 e. The normalized spacial score (nSPS) is 24.6. The minimum atomic E-state index is -0.864. The van der Waals surface area contributed by atoms with Crippen LogP contribution < -0.4 is 10.2 Å². The van der Waals surface area contributed by atoms with Gasteiger partial charge < -0.3 is 15.3 Å². The number of nitrogens with zero attached hydrogens (tertiary/aromatic N) is 6. The second-order valence-electron chi connectivity index (χ2n) is 10.3. The first-order chi connectivity index (χ1) is 17.2. The maximum absolute atomic E-state index is 14.0. The summed E-state index contributed by atoms with van der Waals surface area (Å²) in [6.45, 7) is 4.66. The number of fused-ring (bicyclic) bond motifs is 2. The Morgan fingerprint density at radius 2 is 1.86 bits per heavy atom. The molecule has 2 N–H and O–H groups in total. The first-order valence-corrected chi connectivity index (χ1v) is 12.5. The second-order valence-corrected chi connectivity index (χ2v) is 10.3. The Balaban J connectivity index is 1.42. The number of rotatable bonds is 4. The third-order valence-electron chi connectivity index (χ3n) is 7.33. The summed E-state index contributed by atoms with van der Waals surface area (Å²) in [4.78, 5) is 16.0. The molecule has 0 amide bonds. The predicted octanol–water partition coefficient (Wildman–Crippen LogP) is 4.44. The molecule has 1 saturated carbocycles. The summed E-state index contributed by atoms with van der Waals surface area (Å²) in [6, 6.07) is 8.28. The maximum atomic E-state index is 14.0. The minimum absolute atomic E-state index is 0.175. The standard InChI is InChI=1S/C26H29F2N7O/c1-15-25(31-20-11-16(27)3-4-19(20)29-15)21-12-23-32-22(34-10-7-17(28)14-34)13-24(35(23)33-21)30-18-5-8-26(2,36)9-6-18/h3-4,11-13,17-18,30,36H,5-10,14H2,1-2H3/t17-,18-,26-/m1/s1. The second kappa shape index (κ2) is 8.62. The number of anilines is 2. The van der Waals surface area contributed by atoms with E-state index in [1.807, 2.05) is 30.9 Å². The molecule has 2 fully saturated rings. The molecular weight excluding hydrogens is 464 g/mol. The number of halogens is 2. The average Bonchev–Trinajstić information content (AvgIpc) is 3.46. The molecule has 1 aliphatic carbocycles. The predicted molar refractivity (Wildman–Crippen MR) is 134 cm³/mol. The molecule has 1 saturated heterocycles. The largest absolute Gasteiger partial charge is 0.390 e. The van der Waals surface area contributed by atoms with Crippen LogP contribution in [0.4, 0.5) is 20.4 Å². The SMILES string of the molecule is Cc1nc2ccc(F)cc2nc1-c1cc2nc(N3CC[C@@H](F)C3)cc(N[C@H]3CC[C@](C)(O)CC3)n2n1. The molecule has 8 nitrogen and oxygen atoms in total. The lowest BCUT2D eigenvalue weighted by Crippen LogP contribution is -2.36. The van der Waals surface area contributed by atoms with E-state index >= 15 is 0 Å². The molecule has 1 atom stereocenters.